The van der Waals surface area contributed by atoms with Crippen molar-refractivity contribution in [3.8, 4) is 5.75 Å². The predicted molar refractivity (Wildman–Crippen MR) is 132 cm³/mol. The second-order valence-corrected chi connectivity index (χ2v) is 9.65. The van der Waals surface area contributed by atoms with Gasteiger partial charge in [-0.1, -0.05) is 24.3 Å². The van der Waals surface area contributed by atoms with Crippen LogP contribution in [0, 0.1) is 0 Å². The average molecular weight is 482 g/mol. The van der Waals surface area contributed by atoms with E-state index in [0.717, 1.165) is 9.87 Å². The van der Waals surface area contributed by atoms with Crippen LogP contribution >= 0.6 is 0 Å². The van der Waals surface area contributed by atoms with Gasteiger partial charge in [0.15, 0.2) is 0 Å². The molecule has 178 valence electrons. The number of ether oxygens (including phenoxy) is 1. The molecule has 0 unspecified atom stereocenters. The van der Waals surface area contributed by atoms with Crippen LogP contribution in [-0.4, -0.2) is 46.3 Å². The highest BCUT2D eigenvalue weighted by atomic mass is 32.2. The van der Waals surface area contributed by atoms with Crippen LogP contribution < -0.4 is 14.4 Å². The van der Waals surface area contributed by atoms with E-state index in [1.54, 1.807) is 49.5 Å². The Morgan fingerprint density at radius 3 is 2.26 bits per heavy atom. The Bertz CT molecular complexity index is 1290. The van der Waals surface area contributed by atoms with Gasteiger partial charge in [0.25, 0.3) is 15.9 Å². The average Bonchev–Trinajstić information content (AvgIpc) is 2.84. The fraction of sp³-hybridized carbons (Fsp3) is 0.200. The van der Waals surface area contributed by atoms with E-state index in [-0.39, 0.29) is 16.4 Å². The van der Waals surface area contributed by atoms with Crippen molar-refractivity contribution >= 4 is 33.2 Å². The molecule has 2 amide bonds. The lowest BCUT2D eigenvalue weighted by atomic mass is 10.1. The molecule has 0 aliphatic heterocycles. The van der Waals surface area contributed by atoms with E-state index in [4.69, 9.17) is 4.74 Å². The summed E-state index contributed by atoms with van der Waals surface area (Å²) in [5.74, 6) is 0.0603. The number of benzene rings is 3. The number of para-hydroxylation sites is 1. The largest absolute Gasteiger partial charge is 0.497 e. The molecule has 0 bridgehead atoms. The second-order valence-electron chi connectivity index (χ2n) is 7.68. The van der Waals surface area contributed by atoms with Crippen LogP contribution in [-0.2, 0) is 21.4 Å². The lowest BCUT2D eigenvalue weighted by Gasteiger charge is -2.20. The maximum atomic E-state index is 13.2. The van der Waals surface area contributed by atoms with Crippen LogP contribution in [0.1, 0.15) is 22.8 Å². The maximum Gasteiger partial charge on any atom is 0.264 e. The SMILES string of the molecule is COc1ccc(N(C)S(=O)(=O)c2cccc(C(=O)Nc3ccccc3CN(C)C(C)=O)c2)cc1. The first-order valence-corrected chi connectivity index (χ1v) is 11.9. The van der Waals surface area contributed by atoms with E-state index < -0.39 is 15.9 Å². The molecule has 0 aliphatic carbocycles. The maximum absolute atomic E-state index is 13.2. The minimum absolute atomic E-state index is 0.0110. The Hall–Kier alpha value is -3.85. The minimum Gasteiger partial charge on any atom is -0.497 e. The normalized spacial score (nSPS) is 10.9. The molecular formula is C25H27N3O5S. The number of anilines is 2. The van der Waals surface area contributed by atoms with Crippen molar-refractivity contribution in [1.29, 1.82) is 0 Å². The van der Waals surface area contributed by atoms with Gasteiger partial charge in [0.05, 0.1) is 17.7 Å². The summed E-state index contributed by atoms with van der Waals surface area (Å²) < 4.78 is 32.6. The first kappa shape index (κ1) is 24.8. The van der Waals surface area contributed by atoms with E-state index in [2.05, 4.69) is 5.32 Å². The van der Waals surface area contributed by atoms with Crippen molar-refractivity contribution in [2.45, 2.75) is 18.4 Å². The number of hydrogen-bond donors (Lipinski definition) is 1. The Labute approximate surface area is 199 Å². The van der Waals surface area contributed by atoms with Gasteiger partial charge in [-0.2, -0.15) is 0 Å². The van der Waals surface area contributed by atoms with E-state index in [0.29, 0.717) is 23.7 Å². The molecule has 0 radical (unpaired) electrons. The molecule has 0 aliphatic rings. The molecule has 3 aromatic carbocycles. The number of amides is 2. The van der Waals surface area contributed by atoms with Crippen LogP contribution in [0.3, 0.4) is 0 Å². The van der Waals surface area contributed by atoms with Crippen LogP contribution in [0.4, 0.5) is 11.4 Å². The summed E-state index contributed by atoms with van der Waals surface area (Å²) in [5.41, 5.74) is 1.96. The number of nitrogens with one attached hydrogen (secondary N) is 1. The lowest BCUT2D eigenvalue weighted by Crippen LogP contribution is -2.27. The summed E-state index contributed by atoms with van der Waals surface area (Å²) in [6.45, 7) is 1.79. The lowest BCUT2D eigenvalue weighted by molar-refractivity contribution is -0.128. The highest BCUT2D eigenvalue weighted by Gasteiger charge is 2.23. The third-order valence-electron chi connectivity index (χ3n) is 5.40. The molecular weight excluding hydrogens is 454 g/mol. The molecule has 8 nitrogen and oxygen atoms in total. The van der Waals surface area contributed by atoms with Crippen molar-refractivity contribution in [3.63, 3.8) is 0 Å². The third kappa shape index (κ3) is 5.55. The Morgan fingerprint density at radius 2 is 1.62 bits per heavy atom. The summed E-state index contributed by atoms with van der Waals surface area (Å²) in [6, 6.07) is 19.6. The zero-order chi connectivity index (χ0) is 24.9. The van der Waals surface area contributed by atoms with Gasteiger partial charge in [0.2, 0.25) is 5.91 Å². The van der Waals surface area contributed by atoms with Gasteiger partial charge in [-0.15, -0.1) is 0 Å². The Balaban J connectivity index is 1.84. The Kier molecular flexibility index (Phi) is 7.57. The van der Waals surface area contributed by atoms with Gasteiger partial charge < -0.3 is 15.0 Å². The minimum atomic E-state index is -3.91. The monoisotopic (exact) mass is 481 g/mol. The van der Waals surface area contributed by atoms with Crippen LogP contribution in [0.25, 0.3) is 0 Å². The summed E-state index contributed by atoms with van der Waals surface area (Å²) in [6.07, 6.45) is 0. The topological polar surface area (TPSA) is 96.0 Å². The molecule has 0 heterocycles. The summed E-state index contributed by atoms with van der Waals surface area (Å²) >= 11 is 0. The Morgan fingerprint density at radius 1 is 0.941 bits per heavy atom. The number of hydrogen-bond acceptors (Lipinski definition) is 5. The smallest absolute Gasteiger partial charge is 0.264 e. The summed E-state index contributed by atoms with van der Waals surface area (Å²) in [4.78, 5) is 26.1. The van der Waals surface area contributed by atoms with Crippen molar-refractivity contribution < 1.29 is 22.7 Å². The van der Waals surface area contributed by atoms with E-state index in [1.165, 1.54) is 44.2 Å². The molecule has 0 aromatic heterocycles. The van der Waals surface area contributed by atoms with Crippen molar-refractivity contribution in [2.75, 3.05) is 30.8 Å². The molecule has 9 heteroatoms. The number of nitrogens with zero attached hydrogens (tertiary/aromatic N) is 2. The van der Waals surface area contributed by atoms with Gasteiger partial charge >= 0.3 is 0 Å². The number of rotatable bonds is 8. The second kappa shape index (κ2) is 10.4. The predicted octanol–water partition coefficient (Wildman–Crippen LogP) is 3.75. The fourth-order valence-electron chi connectivity index (χ4n) is 3.23. The van der Waals surface area contributed by atoms with Gasteiger partial charge in [-0.25, -0.2) is 8.42 Å². The summed E-state index contributed by atoms with van der Waals surface area (Å²) in [7, 11) is 0.753. The van der Waals surface area contributed by atoms with Crippen LogP contribution in [0.15, 0.2) is 77.7 Å². The standard InChI is InChI=1S/C25H27N3O5S/c1-18(29)27(2)17-20-8-5-6-11-24(20)26-25(30)19-9-7-10-23(16-19)34(31,32)28(3)21-12-14-22(33-4)15-13-21/h5-16H,17H2,1-4H3,(H,26,30). The number of sulfonamides is 1. The van der Waals surface area contributed by atoms with Crippen LogP contribution in [0.5, 0.6) is 5.75 Å². The molecule has 0 saturated carbocycles. The van der Waals surface area contributed by atoms with E-state index in [9.17, 15) is 18.0 Å². The van der Waals surface area contributed by atoms with Gasteiger partial charge in [0.1, 0.15) is 5.75 Å². The highest BCUT2D eigenvalue weighted by molar-refractivity contribution is 7.92. The number of methoxy groups -OCH3 is 1. The molecule has 3 rings (SSSR count). The first-order chi connectivity index (χ1) is 16.1. The van der Waals surface area contributed by atoms with Crippen molar-refractivity contribution in [1.82, 2.24) is 4.90 Å². The molecule has 34 heavy (non-hydrogen) atoms. The molecule has 0 spiro atoms. The molecule has 0 fully saturated rings. The van der Waals surface area contributed by atoms with Crippen molar-refractivity contribution in [2.24, 2.45) is 0 Å². The van der Waals surface area contributed by atoms with Crippen molar-refractivity contribution in [3.05, 3.63) is 83.9 Å². The molecule has 0 atom stereocenters. The quantitative estimate of drug-likeness (QED) is 0.529. The molecule has 3 aromatic rings. The van der Waals surface area contributed by atoms with Crippen LogP contribution in [0.2, 0.25) is 0 Å². The first-order valence-electron chi connectivity index (χ1n) is 10.5. The third-order valence-corrected chi connectivity index (χ3v) is 7.18. The van der Waals surface area contributed by atoms with Gasteiger partial charge in [-0.05, 0) is 54.1 Å². The van der Waals surface area contributed by atoms with E-state index >= 15 is 0 Å². The molecule has 0 saturated heterocycles. The van der Waals surface area contributed by atoms with Gasteiger partial charge in [-0.3, -0.25) is 13.9 Å². The zero-order valence-electron chi connectivity index (χ0n) is 19.5. The number of carbonyl (C=O) groups is 2. The summed E-state index contributed by atoms with van der Waals surface area (Å²) in [5, 5.41) is 2.82. The fourth-order valence-corrected chi connectivity index (χ4v) is 4.47. The highest BCUT2D eigenvalue weighted by Crippen LogP contribution is 2.25. The van der Waals surface area contributed by atoms with E-state index in [1.807, 2.05) is 12.1 Å². The van der Waals surface area contributed by atoms with Gasteiger partial charge in [0, 0.05) is 38.8 Å². The molecule has 1 N–H and O–H groups in total. The zero-order valence-corrected chi connectivity index (χ0v) is 20.3. The number of carbonyl (C=O) groups excluding carboxylic acids is 2.